The van der Waals surface area contributed by atoms with Crippen LogP contribution in [0.15, 0.2) is 58.2 Å². The normalized spacial score (nSPS) is 13.0. The van der Waals surface area contributed by atoms with Crippen LogP contribution in [-0.4, -0.2) is 11.0 Å². The van der Waals surface area contributed by atoms with Crippen molar-refractivity contribution in [2.45, 2.75) is 13.0 Å². The van der Waals surface area contributed by atoms with E-state index in [0.717, 1.165) is 5.56 Å². The number of amidine groups is 1. The van der Waals surface area contributed by atoms with Gasteiger partial charge in [0.05, 0.1) is 5.56 Å². The lowest BCUT2D eigenvalue weighted by molar-refractivity contribution is 0.226. The molecule has 2 rings (SSSR count). The molecule has 0 saturated carbocycles. The number of hydrogen-bond acceptors (Lipinski definition) is 3. The fraction of sp³-hybridized carbons (Fsp3) is 0.133. The highest BCUT2D eigenvalue weighted by atomic mass is 79.9. The van der Waals surface area contributed by atoms with E-state index in [1.54, 1.807) is 6.07 Å². The lowest BCUT2D eigenvalue weighted by atomic mass is 10.1. The predicted octanol–water partition coefficient (Wildman–Crippen LogP) is 3.68. The Morgan fingerprint density at radius 3 is 2.55 bits per heavy atom. The van der Waals surface area contributed by atoms with Gasteiger partial charge in [-0.1, -0.05) is 41.6 Å². The predicted molar refractivity (Wildman–Crippen MR) is 82.1 cm³/mol. The molecule has 20 heavy (non-hydrogen) atoms. The lowest BCUT2D eigenvalue weighted by Gasteiger charge is -2.18. The number of benzene rings is 2. The first kappa shape index (κ1) is 14.4. The molecular weight excluding hydrogens is 320 g/mol. The third-order valence-corrected chi connectivity index (χ3v) is 3.57. The quantitative estimate of drug-likeness (QED) is 0.388. The molecule has 0 amide bonds. The summed E-state index contributed by atoms with van der Waals surface area (Å²) >= 11 is 3.38. The van der Waals surface area contributed by atoms with Gasteiger partial charge in [-0.2, -0.15) is 0 Å². The third kappa shape index (κ3) is 3.11. The van der Waals surface area contributed by atoms with Crippen molar-refractivity contribution in [3.05, 3.63) is 64.1 Å². The molecule has 0 bridgehead atoms. The Balaban J connectivity index is 2.32. The number of oxime groups is 1. The summed E-state index contributed by atoms with van der Waals surface area (Å²) in [7, 11) is 0. The second-order valence-corrected chi connectivity index (χ2v) is 5.12. The first-order chi connectivity index (χ1) is 9.63. The molecule has 4 nitrogen and oxygen atoms in total. The molecule has 0 aliphatic heterocycles. The largest absolute Gasteiger partial charge is 0.485 e. The van der Waals surface area contributed by atoms with Crippen LogP contribution >= 0.6 is 15.9 Å². The number of ether oxygens (including phenoxy) is 1. The Labute approximate surface area is 126 Å². The maximum atomic E-state index is 8.87. The SMILES string of the molecule is CC(Oc1cccc(Br)c1/C(N)=N/O)c1ccccc1. The molecule has 0 fully saturated rings. The summed E-state index contributed by atoms with van der Waals surface area (Å²) in [5.41, 5.74) is 7.29. The first-order valence-corrected chi connectivity index (χ1v) is 6.90. The summed E-state index contributed by atoms with van der Waals surface area (Å²) in [6.45, 7) is 1.95. The summed E-state index contributed by atoms with van der Waals surface area (Å²) in [5, 5.41) is 11.9. The van der Waals surface area contributed by atoms with Crippen LogP contribution in [0.5, 0.6) is 5.75 Å². The van der Waals surface area contributed by atoms with Gasteiger partial charge in [-0.05, 0) is 40.5 Å². The zero-order valence-electron chi connectivity index (χ0n) is 11.0. The van der Waals surface area contributed by atoms with Gasteiger partial charge in [0.2, 0.25) is 0 Å². The summed E-state index contributed by atoms with van der Waals surface area (Å²) < 4.78 is 6.65. The minimum Gasteiger partial charge on any atom is -0.485 e. The Kier molecular flexibility index (Phi) is 4.63. The van der Waals surface area contributed by atoms with Gasteiger partial charge in [0.25, 0.3) is 0 Å². The van der Waals surface area contributed by atoms with Crippen LogP contribution in [-0.2, 0) is 0 Å². The molecule has 3 N–H and O–H groups in total. The van der Waals surface area contributed by atoms with E-state index in [-0.39, 0.29) is 11.9 Å². The lowest BCUT2D eigenvalue weighted by Crippen LogP contribution is -2.16. The standard InChI is InChI=1S/C15H15BrN2O2/c1-10(11-6-3-2-4-7-11)20-13-9-5-8-12(16)14(13)15(17)18-19/h2-10,19H,1H3,(H2,17,18). The van der Waals surface area contributed by atoms with Gasteiger partial charge in [0.1, 0.15) is 11.9 Å². The van der Waals surface area contributed by atoms with Crippen LogP contribution in [0, 0.1) is 0 Å². The highest BCUT2D eigenvalue weighted by Gasteiger charge is 2.15. The fourth-order valence-corrected chi connectivity index (χ4v) is 2.43. The molecule has 1 unspecified atom stereocenters. The van der Waals surface area contributed by atoms with Crippen molar-refractivity contribution in [1.82, 2.24) is 0 Å². The van der Waals surface area contributed by atoms with E-state index in [9.17, 15) is 0 Å². The molecule has 0 heterocycles. The summed E-state index contributed by atoms with van der Waals surface area (Å²) in [5.74, 6) is 0.568. The van der Waals surface area contributed by atoms with Crippen molar-refractivity contribution in [2.75, 3.05) is 0 Å². The first-order valence-electron chi connectivity index (χ1n) is 6.11. The molecule has 0 aliphatic rings. The Hall–Kier alpha value is -2.01. The molecule has 5 heteroatoms. The average Bonchev–Trinajstić information content (AvgIpc) is 2.47. The number of nitrogens with two attached hydrogens (primary N) is 1. The van der Waals surface area contributed by atoms with Gasteiger partial charge in [0, 0.05) is 4.47 Å². The minimum atomic E-state index is -0.143. The van der Waals surface area contributed by atoms with Crippen LogP contribution in [0.2, 0.25) is 0 Å². The molecule has 0 spiro atoms. The van der Waals surface area contributed by atoms with Crippen molar-refractivity contribution >= 4 is 21.8 Å². The van der Waals surface area contributed by atoms with Crippen molar-refractivity contribution in [3.63, 3.8) is 0 Å². The van der Waals surface area contributed by atoms with Crippen LogP contribution in [0.1, 0.15) is 24.2 Å². The molecule has 0 aliphatic carbocycles. The Morgan fingerprint density at radius 2 is 1.90 bits per heavy atom. The van der Waals surface area contributed by atoms with Gasteiger partial charge in [0.15, 0.2) is 5.84 Å². The number of nitrogens with zero attached hydrogens (tertiary/aromatic N) is 1. The van der Waals surface area contributed by atoms with Gasteiger partial charge >= 0.3 is 0 Å². The monoisotopic (exact) mass is 334 g/mol. The topological polar surface area (TPSA) is 67.8 Å². The smallest absolute Gasteiger partial charge is 0.175 e. The maximum absolute atomic E-state index is 8.87. The van der Waals surface area contributed by atoms with E-state index in [1.165, 1.54) is 0 Å². The molecule has 0 aromatic heterocycles. The van der Waals surface area contributed by atoms with Gasteiger partial charge in [-0.3, -0.25) is 0 Å². The zero-order valence-corrected chi connectivity index (χ0v) is 12.5. The van der Waals surface area contributed by atoms with Gasteiger partial charge in [-0.15, -0.1) is 0 Å². The Morgan fingerprint density at radius 1 is 1.20 bits per heavy atom. The van der Waals surface area contributed by atoms with Crippen LogP contribution < -0.4 is 10.5 Å². The van der Waals surface area contributed by atoms with Crippen LogP contribution in [0.25, 0.3) is 0 Å². The molecule has 0 saturated heterocycles. The fourth-order valence-electron chi connectivity index (χ4n) is 1.88. The molecule has 2 aromatic carbocycles. The maximum Gasteiger partial charge on any atom is 0.175 e. The van der Waals surface area contributed by atoms with Crippen LogP contribution in [0.4, 0.5) is 0 Å². The van der Waals surface area contributed by atoms with Crippen molar-refractivity contribution < 1.29 is 9.94 Å². The zero-order chi connectivity index (χ0) is 14.5. The van der Waals surface area contributed by atoms with E-state index in [0.29, 0.717) is 15.8 Å². The van der Waals surface area contributed by atoms with E-state index in [1.807, 2.05) is 49.4 Å². The average molecular weight is 335 g/mol. The van der Waals surface area contributed by atoms with Crippen molar-refractivity contribution in [1.29, 1.82) is 0 Å². The van der Waals surface area contributed by atoms with E-state index in [4.69, 9.17) is 15.7 Å². The van der Waals surface area contributed by atoms with Gasteiger partial charge in [-0.25, -0.2) is 0 Å². The number of halogens is 1. The molecule has 1 atom stereocenters. The molecule has 2 aromatic rings. The molecule has 0 radical (unpaired) electrons. The van der Waals surface area contributed by atoms with E-state index in [2.05, 4.69) is 21.1 Å². The summed E-state index contributed by atoms with van der Waals surface area (Å²) in [6.07, 6.45) is -0.143. The Bertz CT molecular complexity index is 615. The highest BCUT2D eigenvalue weighted by Crippen LogP contribution is 2.30. The van der Waals surface area contributed by atoms with Gasteiger partial charge < -0.3 is 15.7 Å². The van der Waals surface area contributed by atoms with Crippen molar-refractivity contribution in [3.8, 4) is 5.75 Å². The van der Waals surface area contributed by atoms with Crippen molar-refractivity contribution in [2.24, 2.45) is 10.9 Å². The van der Waals surface area contributed by atoms with E-state index < -0.39 is 0 Å². The number of hydrogen-bond donors (Lipinski definition) is 2. The highest BCUT2D eigenvalue weighted by molar-refractivity contribution is 9.10. The minimum absolute atomic E-state index is 0.00716. The summed E-state index contributed by atoms with van der Waals surface area (Å²) in [4.78, 5) is 0. The molecule has 104 valence electrons. The second kappa shape index (κ2) is 6.43. The molecular formula is C15H15BrN2O2. The second-order valence-electron chi connectivity index (χ2n) is 4.27. The third-order valence-electron chi connectivity index (χ3n) is 2.91. The summed E-state index contributed by atoms with van der Waals surface area (Å²) in [6, 6.07) is 15.3. The van der Waals surface area contributed by atoms with E-state index >= 15 is 0 Å². The number of rotatable bonds is 4. The van der Waals surface area contributed by atoms with Crippen LogP contribution in [0.3, 0.4) is 0 Å².